The molecule has 1 N–H and O–H groups in total. The maximum atomic E-state index is 10.4. The van der Waals surface area contributed by atoms with Gasteiger partial charge >= 0.3 is 0 Å². The molecule has 0 bridgehead atoms. The minimum Gasteiger partial charge on any atom is -0.393 e. The van der Waals surface area contributed by atoms with Crippen LogP contribution in [0.4, 0.5) is 0 Å². The summed E-state index contributed by atoms with van der Waals surface area (Å²) in [5.74, 6) is 1.30. The summed E-state index contributed by atoms with van der Waals surface area (Å²) in [6, 6.07) is 0.641. The van der Waals surface area contributed by atoms with Gasteiger partial charge in [-0.05, 0) is 56.3 Å². The van der Waals surface area contributed by atoms with Crippen LogP contribution in [0, 0.1) is 17.3 Å². The van der Waals surface area contributed by atoms with Crippen molar-refractivity contribution >= 4 is 0 Å². The lowest BCUT2D eigenvalue weighted by Gasteiger charge is -2.42. The first-order valence-electron chi connectivity index (χ1n) is 8.34. The second-order valence-corrected chi connectivity index (χ2v) is 7.80. The van der Waals surface area contributed by atoms with Gasteiger partial charge in [-0.25, -0.2) is 0 Å². The Hall–Kier alpha value is -0.120. The van der Waals surface area contributed by atoms with Crippen LogP contribution in [0.25, 0.3) is 0 Å². The molecule has 0 amide bonds. The molecule has 0 aromatic heterocycles. The molecule has 2 rings (SSSR count). The monoisotopic (exact) mass is 283 g/mol. The molecule has 3 nitrogen and oxygen atoms in total. The van der Waals surface area contributed by atoms with Crippen molar-refractivity contribution in [3.8, 4) is 0 Å². The first-order chi connectivity index (χ1) is 9.43. The molecule has 118 valence electrons. The Morgan fingerprint density at radius 3 is 2.60 bits per heavy atom. The van der Waals surface area contributed by atoms with Crippen LogP contribution >= 0.6 is 0 Å². The Morgan fingerprint density at radius 1 is 1.30 bits per heavy atom. The minimum atomic E-state index is -0.112. The molecule has 0 spiro atoms. The predicted molar refractivity (Wildman–Crippen MR) is 82.8 cm³/mol. The quantitative estimate of drug-likeness (QED) is 0.780. The molecule has 0 saturated heterocycles. The minimum absolute atomic E-state index is 0.112. The van der Waals surface area contributed by atoms with Gasteiger partial charge in [0.1, 0.15) is 0 Å². The summed E-state index contributed by atoms with van der Waals surface area (Å²) in [6.07, 6.45) is 5.91. The van der Waals surface area contributed by atoms with E-state index in [0.717, 1.165) is 44.9 Å². The Kier molecular flexibility index (Phi) is 5.49. The van der Waals surface area contributed by atoms with Crippen LogP contribution in [0.15, 0.2) is 0 Å². The summed E-state index contributed by atoms with van der Waals surface area (Å²) in [4.78, 5) is 2.57. The van der Waals surface area contributed by atoms with Gasteiger partial charge in [-0.1, -0.05) is 13.8 Å². The molecule has 0 aromatic rings. The van der Waals surface area contributed by atoms with E-state index in [2.05, 4.69) is 25.7 Å². The molecular weight excluding hydrogens is 250 g/mol. The predicted octanol–water partition coefficient (Wildman–Crippen LogP) is 2.92. The molecule has 3 heteroatoms. The topological polar surface area (TPSA) is 32.7 Å². The number of aliphatic hydroxyl groups is 1. The second kappa shape index (κ2) is 6.76. The third kappa shape index (κ3) is 4.44. The number of ether oxygens (including phenoxy) is 1. The van der Waals surface area contributed by atoms with E-state index in [-0.39, 0.29) is 6.10 Å². The molecule has 3 atom stereocenters. The van der Waals surface area contributed by atoms with E-state index < -0.39 is 0 Å². The number of rotatable bonds is 7. The van der Waals surface area contributed by atoms with Crippen molar-refractivity contribution in [1.82, 2.24) is 4.90 Å². The second-order valence-electron chi connectivity index (χ2n) is 7.80. The largest absolute Gasteiger partial charge is 0.393 e. The molecule has 0 heterocycles. The van der Waals surface area contributed by atoms with E-state index in [4.69, 9.17) is 4.74 Å². The van der Waals surface area contributed by atoms with E-state index in [1.807, 2.05) is 0 Å². The van der Waals surface area contributed by atoms with Gasteiger partial charge in [0.15, 0.2) is 0 Å². The van der Waals surface area contributed by atoms with Crippen LogP contribution in [-0.4, -0.2) is 49.0 Å². The average Bonchev–Trinajstić information content (AvgIpc) is 3.22. The van der Waals surface area contributed by atoms with Crippen molar-refractivity contribution in [1.29, 1.82) is 0 Å². The zero-order valence-electron chi connectivity index (χ0n) is 13.8. The first-order valence-corrected chi connectivity index (χ1v) is 8.34. The van der Waals surface area contributed by atoms with Gasteiger partial charge in [0.05, 0.1) is 12.7 Å². The molecule has 0 radical (unpaired) electrons. The third-order valence-electron chi connectivity index (χ3n) is 5.41. The van der Waals surface area contributed by atoms with Gasteiger partial charge in [-0.15, -0.1) is 0 Å². The SMILES string of the molecule is COCCN(CC1CC(C)(C)CCC1O)C(C)C1CC1. The van der Waals surface area contributed by atoms with E-state index >= 15 is 0 Å². The summed E-state index contributed by atoms with van der Waals surface area (Å²) in [5.41, 5.74) is 0.389. The molecule has 0 aromatic carbocycles. The highest BCUT2D eigenvalue weighted by molar-refractivity contribution is 4.90. The number of methoxy groups -OCH3 is 1. The summed E-state index contributed by atoms with van der Waals surface area (Å²) >= 11 is 0. The molecule has 2 aliphatic carbocycles. The van der Waals surface area contributed by atoms with E-state index in [9.17, 15) is 5.11 Å². The van der Waals surface area contributed by atoms with Crippen molar-refractivity contribution in [2.45, 2.75) is 65.0 Å². The van der Waals surface area contributed by atoms with Crippen LogP contribution < -0.4 is 0 Å². The van der Waals surface area contributed by atoms with Crippen molar-refractivity contribution in [2.24, 2.45) is 17.3 Å². The van der Waals surface area contributed by atoms with Crippen molar-refractivity contribution in [3.63, 3.8) is 0 Å². The fourth-order valence-corrected chi connectivity index (χ4v) is 3.76. The van der Waals surface area contributed by atoms with Gasteiger partial charge in [0, 0.05) is 26.2 Å². The van der Waals surface area contributed by atoms with E-state index in [1.54, 1.807) is 7.11 Å². The van der Waals surface area contributed by atoms with Gasteiger partial charge in [0.25, 0.3) is 0 Å². The maximum Gasteiger partial charge on any atom is 0.0589 e. The highest BCUT2D eigenvalue weighted by atomic mass is 16.5. The summed E-state index contributed by atoms with van der Waals surface area (Å²) in [7, 11) is 1.78. The summed E-state index contributed by atoms with van der Waals surface area (Å²) in [6.45, 7) is 9.87. The molecule has 20 heavy (non-hydrogen) atoms. The number of hydrogen-bond donors (Lipinski definition) is 1. The lowest BCUT2D eigenvalue weighted by molar-refractivity contribution is -0.00746. The zero-order valence-corrected chi connectivity index (χ0v) is 13.8. The zero-order chi connectivity index (χ0) is 14.8. The number of aliphatic hydroxyl groups excluding tert-OH is 1. The van der Waals surface area contributed by atoms with Crippen molar-refractivity contribution in [3.05, 3.63) is 0 Å². The van der Waals surface area contributed by atoms with Crippen LogP contribution in [0.1, 0.15) is 52.9 Å². The molecule has 0 aliphatic heterocycles. The Balaban J connectivity index is 1.94. The summed E-state index contributed by atoms with van der Waals surface area (Å²) in [5, 5.41) is 10.4. The Bertz CT molecular complexity index is 301. The number of nitrogens with zero attached hydrogens (tertiary/aromatic N) is 1. The average molecular weight is 283 g/mol. The number of hydrogen-bond acceptors (Lipinski definition) is 3. The normalized spacial score (nSPS) is 31.5. The molecule has 3 unspecified atom stereocenters. The lowest BCUT2D eigenvalue weighted by atomic mass is 9.70. The van der Waals surface area contributed by atoms with Gasteiger partial charge in [-0.3, -0.25) is 4.90 Å². The fraction of sp³-hybridized carbons (Fsp3) is 1.00. The van der Waals surface area contributed by atoms with Crippen molar-refractivity contribution in [2.75, 3.05) is 26.8 Å². The first kappa shape index (κ1) is 16.3. The van der Waals surface area contributed by atoms with Crippen LogP contribution in [0.2, 0.25) is 0 Å². The lowest BCUT2D eigenvalue weighted by Crippen LogP contribution is -2.45. The molecular formula is C17H33NO2. The van der Waals surface area contributed by atoms with Gasteiger partial charge in [-0.2, -0.15) is 0 Å². The van der Waals surface area contributed by atoms with Gasteiger partial charge in [0.2, 0.25) is 0 Å². The Labute approximate surface area is 124 Å². The molecule has 2 fully saturated rings. The highest BCUT2D eigenvalue weighted by Crippen LogP contribution is 2.40. The standard InChI is InChI=1S/C17H33NO2/c1-13(14-5-6-14)18(9-10-20-4)12-15-11-17(2,3)8-7-16(15)19/h13-16,19H,5-12H2,1-4H3. The summed E-state index contributed by atoms with van der Waals surface area (Å²) < 4.78 is 5.28. The molecule has 2 aliphatic rings. The molecule has 2 saturated carbocycles. The van der Waals surface area contributed by atoms with Crippen LogP contribution in [0.5, 0.6) is 0 Å². The van der Waals surface area contributed by atoms with Crippen LogP contribution in [0.3, 0.4) is 0 Å². The van der Waals surface area contributed by atoms with E-state index in [0.29, 0.717) is 17.4 Å². The van der Waals surface area contributed by atoms with Gasteiger partial charge < -0.3 is 9.84 Å². The maximum absolute atomic E-state index is 10.4. The van der Waals surface area contributed by atoms with Crippen molar-refractivity contribution < 1.29 is 9.84 Å². The third-order valence-corrected chi connectivity index (χ3v) is 5.41. The fourth-order valence-electron chi connectivity index (χ4n) is 3.76. The van der Waals surface area contributed by atoms with Crippen LogP contribution in [-0.2, 0) is 4.74 Å². The smallest absolute Gasteiger partial charge is 0.0589 e. The highest BCUT2D eigenvalue weighted by Gasteiger charge is 2.37. The Morgan fingerprint density at radius 2 is 2.00 bits per heavy atom. The van der Waals surface area contributed by atoms with E-state index in [1.165, 1.54) is 12.8 Å².